The van der Waals surface area contributed by atoms with E-state index in [1.54, 1.807) is 0 Å². The van der Waals surface area contributed by atoms with Gasteiger partial charge in [-0.25, -0.2) is 4.68 Å². The molecule has 1 atom stereocenters. The molecular weight excluding hydrogens is 260 g/mol. The first-order chi connectivity index (χ1) is 10.3. The van der Waals surface area contributed by atoms with E-state index in [0.717, 1.165) is 24.5 Å². The van der Waals surface area contributed by atoms with E-state index in [2.05, 4.69) is 40.4 Å². The van der Waals surface area contributed by atoms with Gasteiger partial charge in [-0.1, -0.05) is 18.2 Å². The van der Waals surface area contributed by atoms with Crippen molar-refractivity contribution in [1.29, 1.82) is 0 Å². The lowest BCUT2D eigenvalue weighted by Gasteiger charge is -2.20. The smallest absolute Gasteiger partial charge is 0.0766 e. The summed E-state index contributed by atoms with van der Waals surface area (Å²) < 4.78 is 1.93. The Morgan fingerprint density at radius 3 is 2.67 bits per heavy atom. The van der Waals surface area contributed by atoms with Gasteiger partial charge in [-0.15, -0.1) is 0 Å². The molecule has 1 aromatic heterocycles. The first kappa shape index (κ1) is 14.3. The number of aromatic nitrogens is 2. The van der Waals surface area contributed by atoms with E-state index in [9.17, 15) is 0 Å². The lowest BCUT2D eigenvalue weighted by atomic mass is 10.3. The molecule has 0 spiro atoms. The largest absolute Gasteiger partial charge is 0.307 e. The fourth-order valence-corrected chi connectivity index (χ4v) is 2.88. The van der Waals surface area contributed by atoms with Crippen molar-refractivity contribution in [2.75, 3.05) is 19.6 Å². The second-order valence-corrected chi connectivity index (χ2v) is 5.88. The zero-order valence-electron chi connectivity index (χ0n) is 12.7. The van der Waals surface area contributed by atoms with Crippen LogP contribution in [0.3, 0.4) is 0 Å². The summed E-state index contributed by atoms with van der Waals surface area (Å²) in [7, 11) is 0. The Balaban J connectivity index is 1.50. The molecule has 1 saturated heterocycles. The summed E-state index contributed by atoms with van der Waals surface area (Å²) in [6.07, 6.45) is 4.74. The minimum atomic E-state index is 0.505. The maximum absolute atomic E-state index is 4.62. The van der Waals surface area contributed by atoms with Crippen molar-refractivity contribution in [3.8, 4) is 5.69 Å². The van der Waals surface area contributed by atoms with Crippen LogP contribution in [-0.2, 0) is 6.54 Å². The quantitative estimate of drug-likeness (QED) is 0.884. The van der Waals surface area contributed by atoms with Crippen LogP contribution < -0.4 is 5.32 Å². The predicted molar refractivity (Wildman–Crippen MR) is 85.5 cm³/mol. The minimum absolute atomic E-state index is 0.505. The van der Waals surface area contributed by atoms with Gasteiger partial charge in [-0.05, 0) is 51.1 Å². The van der Waals surface area contributed by atoms with Gasteiger partial charge in [0.1, 0.15) is 0 Å². The number of para-hydroxylation sites is 1. The molecule has 1 unspecified atom stereocenters. The van der Waals surface area contributed by atoms with Crippen LogP contribution in [-0.4, -0.2) is 40.4 Å². The Morgan fingerprint density at radius 1 is 1.14 bits per heavy atom. The highest BCUT2D eigenvalue weighted by Gasteiger charge is 2.14. The number of nitrogens with zero attached hydrogens (tertiary/aromatic N) is 3. The van der Waals surface area contributed by atoms with E-state index in [-0.39, 0.29) is 0 Å². The Morgan fingerprint density at radius 2 is 1.90 bits per heavy atom. The van der Waals surface area contributed by atoms with Crippen molar-refractivity contribution in [2.24, 2.45) is 0 Å². The summed E-state index contributed by atoms with van der Waals surface area (Å²) in [6, 6.07) is 12.8. The van der Waals surface area contributed by atoms with Crippen LogP contribution in [0.5, 0.6) is 0 Å². The first-order valence-electron chi connectivity index (χ1n) is 7.87. The Hall–Kier alpha value is -1.65. The average molecular weight is 284 g/mol. The molecule has 1 fully saturated rings. The molecule has 21 heavy (non-hydrogen) atoms. The van der Waals surface area contributed by atoms with Gasteiger partial charge < -0.3 is 10.2 Å². The third-order valence-electron chi connectivity index (χ3n) is 4.03. The monoisotopic (exact) mass is 284 g/mol. The van der Waals surface area contributed by atoms with Crippen LogP contribution in [0.2, 0.25) is 0 Å². The van der Waals surface area contributed by atoms with E-state index >= 15 is 0 Å². The number of rotatable bonds is 6. The zero-order valence-corrected chi connectivity index (χ0v) is 12.7. The molecule has 0 aliphatic carbocycles. The highest BCUT2D eigenvalue weighted by Crippen LogP contribution is 2.09. The second-order valence-electron chi connectivity index (χ2n) is 5.88. The maximum atomic E-state index is 4.62. The zero-order chi connectivity index (χ0) is 14.5. The molecule has 2 heterocycles. The van der Waals surface area contributed by atoms with E-state index in [1.165, 1.54) is 25.9 Å². The first-order valence-corrected chi connectivity index (χ1v) is 7.87. The standard InChI is InChI=1S/C17H24N4/c1-15(14-20-10-5-6-11-20)18-13-16-9-12-21(19-16)17-7-3-2-4-8-17/h2-4,7-9,12,15,18H,5-6,10-11,13-14H2,1H3. The molecule has 0 bridgehead atoms. The average Bonchev–Trinajstić information content (AvgIpc) is 3.17. The number of nitrogens with one attached hydrogen (secondary N) is 1. The van der Waals surface area contributed by atoms with E-state index in [0.29, 0.717) is 6.04 Å². The molecule has 112 valence electrons. The van der Waals surface area contributed by atoms with Crippen molar-refractivity contribution in [3.63, 3.8) is 0 Å². The van der Waals surface area contributed by atoms with Crippen LogP contribution >= 0.6 is 0 Å². The number of hydrogen-bond donors (Lipinski definition) is 1. The summed E-state index contributed by atoms with van der Waals surface area (Å²) >= 11 is 0. The van der Waals surface area contributed by atoms with Crippen LogP contribution in [0.4, 0.5) is 0 Å². The van der Waals surface area contributed by atoms with Crippen LogP contribution in [0.15, 0.2) is 42.6 Å². The van der Waals surface area contributed by atoms with Gasteiger partial charge in [-0.2, -0.15) is 5.10 Å². The Kier molecular flexibility index (Phi) is 4.68. The molecule has 1 N–H and O–H groups in total. The van der Waals surface area contributed by atoms with Gasteiger partial charge in [0, 0.05) is 25.3 Å². The lowest BCUT2D eigenvalue weighted by Crippen LogP contribution is -2.37. The number of benzene rings is 1. The molecule has 4 heteroatoms. The van der Waals surface area contributed by atoms with Crippen molar-refractivity contribution >= 4 is 0 Å². The van der Waals surface area contributed by atoms with Crippen molar-refractivity contribution in [3.05, 3.63) is 48.3 Å². The molecule has 1 aliphatic rings. The third kappa shape index (κ3) is 3.93. The highest BCUT2D eigenvalue weighted by atomic mass is 15.3. The van der Waals surface area contributed by atoms with E-state index in [1.807, 2.05) is 29.1 Å². The SMILES string of the molecule is CC(CN1CCCC1)NCc1ccn(-c2ccccc2)n1. The summed E-state index contributed by atoms with van der Waals surface area (Å²) in [4.78, 5) is 2.54. The summed E-state index contributed by atoms with van der Waals surface area (Å²) in [6.45, 7) is 6.74. The molecule has 1 aromatic carbocycles. The van der Waals surface area contributed by atoms with Gasteiger partial charge in [-0.3, -0.25) is 0 Å². The lowest BCUT2D eigenvalue weighted by molar-refractivity contribution is 0.298. The fraction of sp³-hybridized carbons (Fsp3) is 0.471. The van der Waals surface area contributed by atoms with Crippen molar-refractivity contribution < 1.29 is 0 Å². The van der Waals surface area contributed by atoms with Crippen LogP contribution in [0, 0.1) is 0 Å². The van der Waals surface area contributed by atoms with Gasteiger partial charge in [0.25, 0.3) is 0 Å². The molecular formula is C17H24N4. The summed E-state index contributed by atoms with van der Waals surface area (Å²) in [5, 5.41) is 8.20. The van der Waals surface area contributed by atoms with Gasteiger partial charge >= 0.3 is 0 Å². The molecule has 0 radical (unpaired) electrons. The van der Waals surface area contributed by atoms with E-state index < -0.39 is 0 Å². The molecule has 4 nitrogen and oxygen atoms in total. The maximum Gasteiger partial charge on any atom is 0.0766 e. The Bertz CT molecular complexity index is 543. The molecule has 1 aliphatic heterocycles. The Labute approximate surface area is 126 Å². The predicted octanol–water partition coefficient (Wildman–Crippen LogP) is 2.45. The van der Waals surface area contributed by atoms with Crippen LogP contribution in [0.1, 0.15) is 25.5 Å². The molecule has 0 saturated carbocycles. The van der Waals surface area contributed by atoms with Gasteiger partial charge in [0.05, 0.1) is 11.4 Å². The fourth-order valence-electron chi connectivity index (χ4n) is 2.88. The molecule has 2 aromatic rings. The topological polar surface area (TPSA) is 33.1 Å². The number of likely N-dealkylation sites (tertiary alicyclic amines) is 1. The summed E-state index contributed by atoms with van der Waals surface area (Å²) in [5.41, 5.74) is 2.20. The van der Waals surface area contributed by atoms with Crippen molar-refractivity contribution in [1.82, 2.24) is 20.0 Å². The normalized spacial score (nSPS) is 17.2. The van der Waals surface area contributed by atoms with Crippen LogP contribution in [0.25, 0.3) is 5.69 Å². The second kappa shape index (κ2) is 6.87. The van der Waals surface area contributed by atoms with Gasteiger partial charge in [0.2, 0.25) is 0 Å². The highest BCUT2D eigenvalue weighted by molar-refractivity contribution is 5.30. The van der Waals surface area contributed by atoms with Gasteiger partial charge in [0.15, 0.2) is 0 Å². The number of hydrogen-bond acceptors (Lipinski definition) is 3. The minimum Gasteiger partial charge on any atom is -0.307 e. The third-order valence-corrected chi connectivity index (χ3v) is 4.03. The van der Waals surface area contributed by atoms with Crippen molar-refractivity contribution in [2.45, 2.75) is 32.4 Å². The molecule has 3 rings (SSSR count). The summed E-state index contributed by atoms with van der Waals surface area (Å²) in [5.74, 6) is 0. The van der Waals surface area contributed by atoms with E-state index in [4.69, 9.17) is 0 Å². The molecule has 0 amide bonds.